The number of nitrogens with zero attached hydrogens (tertiary/aromatic N) is 3. The van der Waals surface area contributed by atoms with E-state index in [4.69, 9.17) is 0 Å². The number of benzene rings is 1. The molecule has 0 atom stereocenters. The van der Waals surface area contributed by atoms with Gasteiger partial charge in [0.1, 0.15) is 0 Å². The van der Waals surface area contributed by atoms with Crippen molar-refractivity contribution in [2.45, 2.75) is 32.1 Å². The number of amides is 1. The van der Waals surface area contributed by atoms with Crippen LogP contribution in [-0.2, 0) is 6.42 Å². The molecule has 0 bridgehead atoms. The molecule has 0 spiro atoms. The van der Waals surface area contributed by atoms with E-state index >= 15 is 0 Å². The summed E-state index contributed by atoms with van der Waals surface area (Å²) in [5, 5.41) is 2.28. The number of likely N-dealkylation sites (tertiary alicyclic amines) is 1. The Hall–Kier alpha value is -3.21. The van der Waals surface area contributed by atoms with E-state index in [2.05, 4.69) is 46.3 Å². The summed E-state index contributed by atoms with van der Waals surface area (Å²) < 4.78 is 0. The van der Waals surface area contributed by atoms with Gasteiger partial charge in [0.25, 0.3) is 5.91 Å². The van der Waals surface area contributed by atoms with E-state index in [1.54, 1.807) is 18.6 Å². The molecule has 4 heterocycles. The highest BCUT2D eigenvalue weighted by Crippen LogP contribution is 2.34. The number of hydrogen-bond donors (Lipinski definition) is 1. The quantitative estimate of drug-likeness (QED) is 0.557. The third kappa shape index (κ3) is 3.16. The number of para-hydroxylation sites is 1. The van der Waals surface area contributed by atoms with Crippen LogP contribution in [0, 0.1) is 0 Å². The van der Waals surface area contributed by atoms with Gasteiger partial charge in [-0.2, -0.15) is 0 Å². The predicted octanol–water partition coefficient (Wildman–Crippen LogP) is 4.69. The minimum Gasteiger partial charge on any atom is -0.361 e. The lowest BCUT2D eigenvalue weighted by Crippen LogP contribution is -2.37. The number of hydrogen-bond acceptors (Lipinski definition) is 3. The maximum atomic E-state index is 13.0. The maximum absolute atomic E-state index is 13.0. The number of aromatic amines is 1. The molecule has 3 aromatic heterocycles. The molecule has 1 aromatic carbocycles. The molecular formula is C24H24N4O. The molecule has 5 rings (SSSR count). The number of carbonyl (C=O) groups is 1. The smallest absolute Gasteiger partial charge is 0.255 e. The van der Waals surface area contributed by atoms with Crippen molar-refractivity contribution in [3.05, 3.63) is 71.8 Å². The van der Waals surface area contributed by atoms with Gasteiger partial charge in [0.2, 0.25) is 0 Å². The summed E-state index contributed by atoms with van der Waals surface area (Å²) in [4.78, 5) is 26.9. The molecule has 0 radical (unpaired) electrons. The van der Waals surface area contributed by atoms with Crippen LogP contribution in [0.4, 0.5) is 0 Å². The zero-order valence-corrected chi connectivity index (χ0v) is 16.6. The summed E-state index contributed by atoms with van der Waals surface area (Å²) in [5.74, 6) is 0.558. The van der Waals surface area contributed by atoms with Crippen molar-refractivity contribution in [1.29, 1.82) is 0 Å². The Bertz CT molecular complexity index is 1190. The van der Waals surface area contributed by atoms with Crippen LogP contribution in [0.1, 0.15) is 47.2 Å². The molecular weight excluding hydrogens is 360 g/mol. The lowest BCUT2D eigenvalue weighted by Gasteiger charge is -2.32. The molecule has 4 aromatic rings. The summed E-state index contributed by atoms with van der Waals surface area (Å²) in [6.07, 6.45) is 10.3. The Morgan fingerprint density at radius 1 is 1.21 bits per heavy atom. The third-order valence-electron chi connectivity index (χ3n) is 6.17. The summed E-state index contributed by atoms with van der Waals surface area (Å²) in [7, 11) is 0. The van der Waals surface area contributed by atoms with Gasteiger partial charge in [-0.1, -0.05) is 25.1 Å². The van der Waals surface area contributed by atoms with Crippen molar-refractivity contribution in [2.75, 3.05) is 13.1 Å². The first-order chi connectivity index (χ1) is 14.2. The Kier molecular flexibility index (Phi) is 4.51. The van der Waals surface area contributed by atoms with Crippen LogP contribution in [0.3, 0.4) is 0 Å². The fourth-order valence-corrected chi connectivity index (χ4v) is 4.54. The van der Waals surface area contributed by atoms with Gasteiger partial charge >= 0.3 is 0 Å². The van der Waals surface area contributed by atoms with Crippen molar-refractivity contribution < 1.29 is 4.79 Å². The fraction of sp³-hybridized carbons (Fsp3) is 0.292. The van der Waals surface area contributed by atoms with Gasteiger partial charge in [0, 0.05) is 48.0 Å². The van der Waals surface area contributed by atoms with Gasteiger partial charge in [-0.05, 0) is 48.4 Å². The van der Waals surface area contributed by atoms with Crippen LogP contribution < -0.4 is 0 Å². The Morgan fingerprint density at radius 2 is 2.07 bits per heavy atom. The molecule has 1 aliphatic rings. The molecule has 1 saturated heterocycles. The predicted molar refractivity (Wildman–Crippen MR) is 115 cm³/mol. The third-order valence-corrected chi connectivity index (χ3v) is 6.17. The second kappa shape index (κ2) is 7.32. The average molecular weight is 384 g/mol. The summed E-state index contributed by atoms with van der Waals surface area (Å²) in [6, 6.07) is 10.4. The lowest BCUT2D eigenvalue weighted by atomic mass is 9.88. The van der Waals surface area contributed by atoms with E-state index in [-0.39, 0.29) is 5.91 Å². The van der Waals surface area contributed by atoms with Crippen molar-refractivity contribution in [3.63, 3.8) is 0 Å². The highest BCUT2D eigenvalue weighted by Gasteiger charge is 2.26. The van der Waals surface area contributed by atoms with Gasteiger partial charge in [-0.25, -0.2) is 0 Å². The molecule has 0 aliphatic carbocycles. The molecule has 29 heavy (non-hydrogen) atoms. The normalized spacial score (nSPS) is 15.3. The van der Waals surface area contributed by atoms with Crippen LogP contribution in [0.25, 0.3) is 21.8 Å². The van der Waals surface area contributed by atoms with E-state index < -0.39 is 0 Å². The first kappa shape index (κ1) is 17.9. The first-order valence-electron chi connectivity index (χ1n) is 10.3. The molecule has 0 saturated carbocycles. The monoisotopic (exact) mass is 384 g/mol. The van der Waals surface area contributed by atoms with E-state index in [0.717, 1.165) is 43.3 Å². The zero-order valence-electron chi connectivity index (χ0n) is 16.6. The van der Waals surface area contributed by atoms with E-state index in [1.165, 1.54) is 22.0 Å². The number of aromatic nitrogens is 3. The Labute approximate surface area is 169 Å². The zero-order chi connectivity index (χ0) is 19.8. The number of H-pyrrole nitrogens is 1. The molecule has 0 unspecified atom stereocenters. The minimum atomic E-state index is 0.0712. The molecule has 1 fully saturated rings. The van der Waals surface area contributed by atoms with Gasteiger partial charge in [-0.15, -0.1) is 0 Å². The second-order valence-corrected chi connectivity index (χ2v) is 7.80. The molecule has 1 aliphatic heterocycles. The largest absolute Gasteiger partial charge is 0.361 e. The molecule has 146 valence electrons. The van der Waals surface area contributed by atoms with Crippen LogP contribution in [0.15, 0.2) is 55.1 Å². The fourth-order valence-electron chi connectivity index (χ4n) is 4.54. The highest BCUT2D eigenvalue weighted by atomic mass is 16.2. The summed E-state index contributed by atoms with van der Waals surface area (Å²) in [6.45, 7) is 3.74. The van der Waals surface area contributed by atoms with Gasteiger partial charge in [0.15, 0.2) is 0 Å². The standard InChI is InChI=1S/C24H24N4O/c1-2-16-4-3-5-20-21(14-27-23(16)20)17-7-10-28(11-8-17)24(29)19-12-18-6-9-25-15-22(18)26-13-19/h3-6,9,12-15,17,27H,2,7-8,10-11H2,1H3. The highest BCUT2D eigenvalue weighted by molar-refractivity contribution is 5.97. The SMILES string of the molecule is CCc1cccc2c(C3CCN(C(=O)c4cnc5cnccc5c4)CC3)c[nH]c12. The topological polar surface area (TPSA) is 61.9 Å². The molecule has 1 amide bonds. The number of rotatable bonds is 3. The molecule has 5 heteroatoms. The number of aryl methyl sites for hydroxylation is 1. The summed E-state index contributed by atoms with van der Waals surface area (Å²) >= 11 is 0. The number of nitrogens with one attached hydrogen (secondary N) is 1. The number of carbonyl (C=O) groups excluding carboxylic acids is 1. The second-order valence-electron chi connectivity index (χ2n) is 7.80. The average Bonchev–Trinajstić information content (AvgIpc) is 3.22. The van der Waals surface area contributed by atoms with Crippen molar-refractivity contribution in [1.82, 2.24) is 19.9 Å². The van der Waals surface area contributed by atoms with E-state index in [9.17, 15) is 4.79 Å². The Morgan fingerprint density at radius 3 is 2.90 bits per heavy atom. The molecule has 1 N–H and O–H groups in total. The van der Waals surface area contributed by atoms with E-state index in [1.807, 2.05) is 17.0 Å². The van der Waals surface area contributed by atoms with Gasteiger partial charge in [0.05, 0.1) is 17.3 Å². The van der Waals surface area contributed by atoms with Crippen molar-refractivity contribution >= 4 is 27.7 Å². The van der Waals surface area contributed by atoms with Crippen LogP contribution in [-0.4, -0.2) is 38.8 Å². The number of fused-ring (bicyclic) bond motifs is 2. The molecule has 5 nitrogen and oxygen atoms in total. The van der Waals surface area contributed by atoms with Crippen molar-refractivity contribution in [2.24, 2.45) is 0 Å². The lowest BCUT2D eigenvalue weighted by molar-refractivity contribution is 0.0713. The van der Waals surface area contributed by atoms with Crippen LogP contribution in [0.2, 0.25) is 0 Å². The summed E-state index contributed by atoms with van der Waals surface area (Å²) in [5.41, 5.74) is 5.48. The Balaban J connectivity index is 1.33. The number of pyridine rings is 2. The number of piperidine rings is 1. The first-order valence-corrected chi connectivity index (χ1v) is 10.3. The minimum absolute atomic E-state index is 0.0712. The van der Waals surface area contributed by atoms with E-state index in [0.29, 0.717) is 11.5 Å². The van der Waals surface area contributed by atoms with Crippen LogP contribution >= 0.6 is 0 Å². The van der Waals surface area contributed by atoms with Crippen molar-refractivity contribution in [3.8, 4) is 0 Å². The van der Waals surface area contributed by atoms with Gasteiger partial charge in [-0.3, -0.25) is 14.8 Å². The van der Waals surface area contributed by atoms with Gasteiger partial charge < -0.3 is 9.88 Å². The maximum Gasteiger partial charge on any atom is 0.255 e. The van der Waals surface area contributed by atoms with Crippen LogP contribution in [0.5, 0.6) is 0 Å².